The van der Waals surface area contributed by atoms with Gasteiger partial charge in [-0.15, -0.1) is 0 Å². The molecule has 16 atom stereocenters. The van der Waals surface area contributed by atoms with Crippen LogP contribution in [-0.4, -0.2) is 316 Å². The maximum atomic E-state index is 15.2. The summed E-state index contributed by atoms with van der Waals surface area (Å²) in [5, 5.41) is 116. The number of carbonyl (C=O) groups is 16. The van der Waals surface area contributed by atoms with E-state index in [1.54, 1.807) is 37.4 Å². The number of benzene rings is 4. The molecule has 6 heterocycles. The number of likely N-dealkylation sites (tertiary alicyclic amines) is 2. The molecular formula is C91H115N19O27S2. The molecular weight excluding hydrogens is 1860 g/mol. The smallest absolute Gasteiger partial charge is 0.407 e. The molecule has 46 nitrogen and oxygen atoms in total. The molecule has 748 valence electrons. The number of alkyl carbamates (subject to hydrolysis) is 1. The van der Waals surface area contributed by atoms with Crippen LogP contribution in [-0.2, 0) is 102 Å². The Morgan fingerprint density at radius 1 is 0.719 bits per heavy atom. The molecule has 2 unspecified atom stereocenters. The minimum atomic E-state index is -2.46. The number of phenols is 3. The number of hydrogen-bond donors (Lipinski definition) is 23. The fourth-order valence-electron chi connectivity index (χ4n) is 18.0. The molecule has 13 amide bonds. The number of aromatic amines is 2. The van der Waals surface area contributed by atoms with E-state index in [1.807, 2.05) is 0 Å². The highest BCUT2D eigenvalue weighted by Gasteiger charge is 2.53. The summed E-state index contributed by atoms with van der Waals surface area (Å²) in [4.78, 5) is 236. The van der Waals surface area contributed by atoms with Crippen molar-refractivity contribution >= 4 is 133 Å². The summed E-state index contributed by atoms with van der Waals surface area (Å²) >= 11 is 0. The van der Waals surface area contributed by atoms with E-state index < -0.39 is 240 Å². The monoisotopic (exact) mass is 1970 g/mol. The van der Waals surface area contributed by atoms with Crippen molar-refractivity contribution in [1.82, 2.24) is 83.2 Å². The van der Waals surface area contributed by atoms with E-state index in [2.05, 4.69) is 73.4 Å². The van der Waals surface area contributed by atoms with Crippen LogP contribution in [0.3, 0.4) is 0 Å². The number of aromatic hydroxyl groups is 3. The molecule has 4 aromatic carbocycles. The predicted molar refractivity (Wildman–Crippen MR) is 495 cm³/mol. The van der Waals surface area contributed by atoms with E-state index in [-0.39, 0.29) is 173 Å². The summed E-state index contributed by atoms with van der Waals surface area (Å²) < 4.78 is 23.1. The fraction of sp³-hybridized carbons (Fsp3) is 0.495. The topological polar surface area (TPSA) is 711 Å². The molecule has 139 heavy (non-hydrogen) atoms. The number of aliphatic hydroxyl groups is 4. The first-order chi connectivity index (χ1) is 66.5. The van der Waals surface area contributed by atoms with Gasteiger partial charge in [0.25, 0.3) is 0 Å². The number of primary amides is 1. The van der Waals surface area contributed by atoms with E-state index in [4.69, 9.17) is 35.8 Å². The van der Waals surface area contributed by atoms with Crippen LogP contribution in [0.15, 0.2) is 85.5 Å². The highest BCUT2D eigenvalue weighted by atomic mass is 33.1. The van der Waals surface area contributed by atoms with E-state index in [1.165, 1.54) is 100 Å². The van der Waals surface area contributed by atoms with Crippen molar-refractivity contribution in [2.45, 2.75) is 220 Å². The van der Waals surface area contributed by atoms with Gasteiger partial charge in [0, 0.05) is 129 Å². The highest BCUT2D eigenvalue weighted by Crippen LogP contribution is 2.53. The van der Waals surface area contributed by atoms with E-state index >= 15 is 9.59 Å². The zero-order valence-electron chi connectivity index (χ0n) is 76.2. The van der Waals surface area contributed by atoms with Gasteiger partial charge in [-0.05, 0) is 107 Å². The third-order valence-corrected chi connectivity index (χ3v) is 27.5. The zero-order chi connectivity index (χ0) is 100. The number of para-hydroxylation sites is 1. The fourth-order valence-corrected chi connectivity index (χ4v) is 19.8. The summed E-state index contributed by atoms with van der Waals surface area (Å²) in [6.07, 6.45) is -3.57. The van der Waals surface area contributed by atoms with Gasteiger partial charge in [-0.1, -0.05) is 64.1 Å². The number of aromatic nitrogens is 3. The number of guanidine groups is 1. The van der Waals surface area contributed by atoms with Gasteiger partial charge in [-0.3, -0.25) is 77.3 Å². The van der Waals surface area contributed by atoms with Gasteiger partial charge >= 0.3 is 6.09 Å². The third-order valence-electron chi connectivity index (χ3n) is 25.1. The molecule has 0 bridgehead atoms. The number of rotatable bonds is 46. The molecule has 4 fully saturated rings. The number of imidazole rings is 1. The van der Waals surface area contributed by atoms with E-state index in [9.17, 15) is 103 Å². The SMILES string of the molecule is COc1cccc2c1C(=O)c1c(O)c3c(c(O)c1C2=O)C[C@@](O)(C(=O)CO)C[C@@H]3OC1C[C@H](NC(=O)OCCSSCCC(=O)NCCCC[C@@H](NC(=O)[C@H](Cc2ccc(O)cc2)NC(=O)[C@H](CO)NC(=O)[C@H](Cc2c[nH]c3ccccc23)NC(=O)[C@H](Cc2c[nH]cn2)NC(=O)[C@@H]2CCC(=O)N2)C(=O)N[C@H]2CC(C)N([C@@H](CCCNC(=N)N)C(=O)N3CCC[C@H]3C(=O)NCC(N)=O)C2=O)[C@H](O)[C@H](C)O1. The molecule has 4 saturated heterocycles. The van der Waals surface area contributed by atoms with E-state index in [0.717, 1.165) is 0 Å². The van der Waals surface area contributed by atoms with Crippen LogP contribution >= 0.6 is 21.6 Å². The standard InChI is InChI=1S/C91H115N19O27S2/c1-44-31-60(87(130)110(44)63(15-9-26-97-89(93)94)88(131)109-27-10-16-62(109)86(129)99-40-67(92)115)106-80(123)54(102-82(125)57(32-46-18-20-49(113)21-19-46)103-85(128)61(41-111)107-83(126)58(33-47-38-98-53-13-5-4-11-50(47)53)104-84(127)59(34-48-39-95-43-100-48)105-81(124)55-22-23-69(117)101-55)14-6-7-25-96-68(116)24-29-138-139-30-28-135-90(132)108-56-35-70(136-45(2)75(56)118)137-65-37-91(133,66(114)42-112)36-52-72(65)79(122)74-73(77(52)120)76(119)51-12-8-17-64(134-3)71(51)78(74)121/h4-5,8,11-13,17-21,38-39,43-45,54-63,65,70,75,98,111-113,118,120,122,133H,6-7,9-10,14-16,22-37,40-42H2,1-3H3,(H2,92,115)(H,95,100)(H,96,116)(H,99,129)(H,101,117)(H,102,125)(H,103,128)(H,104,127)(H,105,124)(H,106,123)(H,107,126)(H,108,132)(H4,93,94,97)/t44?,45-,54+,55-,56-,57-,58-,59-,60-,61-,62-,63-,65-,70?,75+,91-/m0/s1. The van der Waals surface area contributed by atoms with Crippen LogP contribution in [0, 0.1) is 5.41 Å². The lowest BCUT2D eigenvalue weighted by molar-refractivity contribution is -0.249. The van der Waals surface area contributed by atoms with Crippen LogP contribution in [0.1, 0.15) is 163 Å². The number of aliphatic hydroxyl groups excluding tert-OH is 3. The second-order valence-electron chi connectivity index (χ2n) is 34.7. The summed E-state index contributed by atoms with van der Waals surface area (Å²) in [6, 6.07) is 2.12. The molecule has 0 saturated carbocycles. The van der Waals surface area contributed by atoms with Crippen molar-refractivity contribution in [2.75, 3.05) is 64.6 Å². The molecule has 6 aliphatic rings. The second-order valence-corrected chi connectivity index (χ2v) is 37.4. The highest BCUT2D eigenvalue weighted by molar-refractivity contribution is 8.76. The Morgan fingerprint density at radius 3 is 2.10 bits per heavy atom. The summed E-state index contributed by atoms with van der Waals surface area (Å²) in [5.74, 6) is -13.9. The van der Waals surface area contributed by atoms with Crippen LogP contribution in [0.2, 0.25) is 0 Å². The van der Waals surface area contributed by atoms with Gasteiger partial charge in [0.1, 0.15) is 102 Å². The first-order valence-electron chi connectivity index (χ1n) is 45.4. The van der Waals surface area contributed by atoms with E-state index in [0.29, 0.717) is 34.1 Å². The van der Waals surface area contributed by atoms with Crippen molar-refractivity contribution in [3.63, 3.8) is 0 Å². The number of carbonyl (C=O) groups excluding carboxylic acids is 16. The number of methoxy groups -OCH3 is 1. The molecule has 12 rings (SSSR count). The number of nitrogens with one attached hydrogen (secondary N) is 14. The molecule has 0 spiro atoms. The Bertz CT molecular complexity index is 5600. The van der Waals surface area contributed by atoms with Crippen LogP contribution in [0.25, 0.3) is 10.9 Å². The Kier molecular flexibility index (Phi) is 35.8. The maximum Gasteiger partial charge on any atom is 0.407 e. The van der Waals surface area contributed by atoms with Crippen LogP contribution in [0.5, 0.6) is 23.0 Å². The number of ketones is 3. The summed E-state index contributed by atoms with van der Waals surface area (Å²) in [6.45, 7) is 0.384. The van der Waals surface area contributed by atoms with Gasteiger partial charge < -0.3 is 144 Å². The first-order valence-corrected chi connectivity index (χ1v) is 47.9. The molecule has 2 aliphatic carbocycles. The first kappa shape index (κ1) is 104. The minimum Gasteiger partial charge on any atom is -0.508 e. The van der Waals surface area contributed by atoms with Crippen molar-refractivity contribution in [1.29, 1.82) is 5.41 Å². The van der Waals surface area contributed by atoms with Gasteiger partial charge in [0.05, 0.1) is 67.2 Å². The number of unbranched alkanes of at least 4 members (excludes halogenated alkanes) is 1. The van der Waals surface area contributed by atoms with Crippen LogP contribution < -0.4 is 74.7 Å². The Morgan fingerprint density at radius 2 is 1.41 bits per heavy atom. The molecule has 25 N–H and O–H groups in total. The number of fused-ring (bicyclic) bond motifs is 4. The average molecular weight is 1970 g/mol. The Labute approximate surface area is 803 Å². The quantitative estimate of drug-likeness (QED) is 0.00616. The normalized spacial score (nSPS) is 21.6. The van der Waals surface area contributed by atoms with Crippen molar-refractivity contribution in [2.24, 2.45) is 11.5 Å². The Balaban J connectivity index is 0.688. The van der Waals surface area contributed by atoms with Gasteiger partial charge in [-0.25, -0.2) is 9.78 Å². The average Bonchev–Trinajstić information content (AvgIpc) is 1.60. The number of H-pyrrole nitrogens is 2. The van der Waals surface area contributed by atoms with Gasteiger partial charge in [0.2, 0.25) is 76.7 Å². The zero-order valence-corrected chi connectivity index (χ0v) is 77.9. The largest absolute Gasteiger partial charge is 0.508 e. The molecule has 2 aromatic heterocycles. The maximum absolute atomic E-state index is 15.2. The lowest BCUT2D eigenvalue weighted by atomic mass is 9.72. The predicted octanol–water partition coefficient (Wildman–Crippen LogP) is -2.51. The molecule has 48 heteroatoms. The summed E-state index contributed by atoms with van der Waals surface area (Å²) in [7, 11) is 3.79. The van der Waals surface area contributed by atoms with Crippen LogP contribution in [0.4, 0.5) is 4.79 Å². The minimum absolute atomic E-state index is 0.00411. The number of phenolic OH excluding ortho intramolecular Hbond substituents is 3. The number of nitrogens with zero attached hydrogens (tertiary/aromatic N) is 3. The van der Waals surface area contributed by atoms with Crippen molar-refractivity contribution in [3.8, 4) is 23.0 Å². The molecule has 6 aromatic rings. The van der Waals surface area contributed by atoms with Gasteiger partial charge in [-0.2, -0.15) is 0 Å². The molecule has 4 aliphatic heterocycles. The summed E-state index contributed by atoms with van der Waals surface area (Å²) in [5.41, 5.74) is 8.11. The molecule has 0 radical (unpaired) electrons. The van der Waals surface area contributed by atoms with Crippen molar-refractivity contribution in [3.05, 3.63) is 136 Å². The third kappa shape index (κ3) is 25.9. The number of Topliss-reactive ketones (excluding diaryl/α,β-unsaturated/α-hetero) is 1. The van der Waals surface area contributed by atoms with Crippen molar-refractivity contribution < 1.29 is 131 Å². The number of amides is 13. The lowest BCUT2D eigenvalue weighted by Gasteiger charge is -2.42. The lowest BCUT2D eigenvalue weighted by Crippen LogP contribution is -2.61. The number of ether oxygens (including phenoxy) is 4. The Hall–Kier alpha value is -13.5. The second kappa shape index (κ2) is 47.7. The van der Waals surface area contributed by atoms with Gasteiger partial charge in [0.15, 0.2) is 23.8 Å². The number of nitrogens with two attached hydrogens (primary N) is 2. The number of hydrogen-bond acceptors (Lipinski definition) is 31.